The first kappa shape index (κ1) is 7.44. The Morgan fingerprint density at radius 3 is 2.86 bits per heavy atom. The lowest BCUT2D eigenvalue weighted by Crippen LogP contribution is -1.81. The van der Waals surface area contributed by atoms with Crippen LogP contribution < -0.4 is 0 Å². The zero-order valence-corrected chi connectivity index (χ0v) is 7.44. The summed E-state index contributed by atoms with van der Waals surface area (Å²) in [5, 5.41) is 10.4. The van der Waals surface area contributed by atoms with E-state index in [4.69, 9.17) is 0 Å². The van der Waals surface area contributed by atoms with Crippen LogP contribution in [0.5, 0.6) is 5.75 Å². The number of benzene rings is 1. The van der Waals surface area contributed by atoms with Gasteiger partial charge in [-0.1, -0.05) is 18.2 Å². The Balaban J connectivity index is 2.58. The summed E-state index contributed by atoms with van der Waals surface area (Å²) in [6.45, 7) is 0. The molecule has 3 rings (SSSR count). The van der Waals surface area contributed by atoms with Gasteiger partial charge in [-0.15, -0.1) is 0 Å². The Morgan fingerprint density at radius 1 is 1.07 bits per heavy atom. The first-order valence-corrected chi connectivity index (χ1v) is 4.46. The average Bonchev–Trinajstić information content (AvgIpc) is 2.56. The third-order valence-corrected chi connectivity index (χ3v) is 2.36. The van der Waals surface area contributed by atoms with E-state index in [0.29, 0.717) is 0 Å². The molecule has 14 heavy (non-hydrogen) atoms. The zero-order valence-electron chi connectivity index (χ0n) is 7.44. The summed E-state index contributed by atoms with van der Waals surface area (Å²) in [5.74, 6) is 0.271. The van der Waals surface area contributed by atoms with E-state index in [-0.39, 0.29) is 5.75 Å². The fourth-order valence-electron chi connectivity index (χ4n) is 1.72. The van der Waals surface area contributed by atoms with Gasteiger partial charge in [0.2, 0.25) is 0 Å². The van der Waals surface area contributed by atoms with Crippen molar-refractivity contribution in [2.45, 2.75) is 0 Å². The van der Waals surface area contributed by atoms with Crippen LogP contribution in [-0.2, 0) is 0 Å². The molecular weight excluding hydrogens is 174 g/mol. The monoisotopic (exact) mass is 182 g/mol. The molecule has 0 atom stereocenters. The maximum atomic E-state index is 9.37. The summed E-state index contributed by atoms with van der Waals surface area (Å²) in [7, 11) is 0. The largest absolute Gasteiger partial charge is 0.506 e. The Labute approximate surface area is 81.0 Å². The maximum Gasteiger partial charge on any atom is 0.132 e. The van der Waals surface area contributed by atoms with E-state index in [2.05, 4.69) is 6.07 Å². The maximum absolute atomic E-state index is 9.37. The summed E-state index contributed by atoms with van der Waals surface area (Å²) in [6, 6.07) is 14.8. The van der Waals surface area contributed by atoms with Crippen LogP contribution in [0.25, 0.3) is 16.4 Å². The molecule has 0 bridgehead atoms. The van der Waals surface area contributed by atoms with Crippen LogP contribution in [0, 0.1) is 6.07 Å². The Bertz CT molecular complexity index is 610. The van der Waals surface area contributed by atoms with Crippen molar-refractivity contribution in [3.8, 4) is 5.75 Å². The van der Waals surface area contributed by atoms with Gasteiger partial charge in [-0.2, -0.15) is 0 Å². The molecule has 1 aromatic carbocycles. The average molecular weight is 182 g/mol. The van der Waals surface area contributed by atoms with Crippen molar-refractivity contribution in [3.05, 3.63) is 48.7 Å². The van der Waals surface area contributed by atoms with Gasteiger partial charge in [-0.05, 0) is 18.2 Å². The normalized spacial score (nSPS) is 11.1. The number of aromatic hydroxyl groups is 1. The van der Waals surface area contributed by atoms with Gasteiger partial charge in [0.1, 0.15) is 5.75 Å². The third-order valence-electron chi connectivity index (χ3n) is 2.36. The van der Waals surface area contributed by atoms with Crippen LogP contribution in [0.2, 0.25) is 0 Å². The number of nitrogens with zero attached hydrogens (tertiary/aromatic N) is 1. The van der Waals surface area contributed by atoms with Crippen LogP contribution in [0.4, 0.5) is 0 Å². The van der Waals surface area contributed by atoms with Crippen LogP contribution in [-0.4, -0.2) is 9.51 Å². The second kappa shape index (κ2) is 2.51. The topological polar surface area (TPSA) is 24.6 Å². The second-order valence-electron chi connectivity index (χ2n) is 3.28. The van der Waals surface area contributed by atoms with Gasteiger partial charge in [0.05, 0.1) is 17.2 Å². The molecule has 2 heterocycles. The molecule has 0 fully saturated rings. The summed E-state index contributed by atoms with van der Waals surface area (Å²) < 4.78 is 1.94. The van der Waals surface area contributed by atoms with Crippen LogP contribution in [0.15, 0.2) is 42.6 Å². The summed E-state index contributed by atoms with van der Waals surface area (Å²) in [5.41, 5.74) is 2.04. The summed E-state index contributed by atoms with van der Waals surface area (Å²) in [6.07, 6.45) is 1.70. The van der Waals surface area contributed by atoms with Crippen molar-refractivity contribution in [2.75, 3.05) is 0 Å². The van der Waals surface area contributed by atoms with Gasteiger partial charge in [0.15, 0.2) is 0 Å². The molecule has 67 valence electrons. The zero-order chi connectivity index (χ0) is 9.54. The predicted octanol–water partition coefficient (Wildman–Crippen LogP) is 2.60. The molecule has 0 amide bonds. The standard InChI is InChI=1S/C12H8NO/c14-11-6-5-10-7-9-3-1-2-4-12(9)13(10)8-11/h1-6,8,14H. The number of hydrogen-bond donors (Lipinski definition) is 1. The molecule has 3 aromatic rings. The van der Waals surface area contributed by atoms with Crippen LogP contribution in [0.1, 0.15) is 0 Å². The van der Waals surface area contributed by atoms with Crippen molar-refractivity contribution in [2.24, 2.45) is 0 Å². The van der Waals surface area contributed by atoms with E-state index >= 15 is 0 Å². The van der Waals surface area contributed by atoms with E-state index in [1.165, 1.54) is 0 Å². The van der Waals surface area contributed by atoms with Crippen molar-refractivity contribution in [3.63, 3.8) is 0 Å². The van der Waals surface area contributed by atoms with Gasteiger partial charge in [0.25, 0.3) is 0 Å². The second-order valence-corrected chi connectivity index (χ2v) is 3.28. The van der Waals surface area contributed by atoms with Gasteiger partial charge in [-0.25, -0.2) is 0 Å². The number of aromatic nitrogens is 1. The van der Waals surface area contributed by atoms with E-state index in [1.807, 2.05) is 34.7 Å². The predicted molar refractivity (Wildman–Crippen MR) is 55.4 cm³/mol. The van der Waals surface area contributed by atoms with Crippen LogP contribution >= 0.6 is 0 Å². The fourth-order valence-corrected chi connectivity index (χ4v) is 1.72. The molecule has 2 heteroatoms. The third kappa shape index (κ3) is 0.909. The molecule has 2 aromatic heterocycles. The van der Waals surface area contributed by atoms with E-state index < -0.39 is 0 Å². The minimum Gasteiger partial charge on any atom is -0.506 e. The van der Waals surface area contributed by atoms with E-state index in [9.17, 15) is 5.11 Å². The highest BCUT2D eigenvalue weighted by Crippen LogP contribution is 2.21. The van der Waals surface area contributed by atoms with E-state index in [1.54, 1.807) is 12.3 Å². The van der Waals surface area contributed by atoms with Crippen molar-refractivity contribution in [1.82, 2.24) is 4.40 Å². The first-order valence-electron chi connectivity index (χ1n) is 4.46. The van der Waals surface area contributed by atoms with Crippen molar-refractivity contribution < 1.29 is 5.11 Å². The van der Waals surface area contributed by atoms with Gasteiger partial charge in [0, 0.05) is 11.5 Å². The number of pyridine rings is 1. The van der Waals surface area contributed by atoms with Gasteiger partial charge in [-0.3, -0.25) is 0 Å². The highest BCUT2D eigenvalue weighted by atomic mass is 16.3. The van der Waals surface area contributed by atoms with E-state index in [0.717, 1.165) is 16.4 Å². The smallest absolute Gasteiger partial charge is 0.132 e. The van der Waals surface area contributed by atoms with Gasteiger partial charge >= 0.3 is 0 Å². The minimum absolute atomic E-state index is 0.271. The Morgan fingerprint density at radius 2 is 1.93 bits per heavy atom. The quantitative estimate of drug-likeness (QED) is 0.567. The number of hydrogen-bond acceptors (Lipinski definition) is 1. The molecule has 0 unspecified atom stereocenters. The van der Waals surface area contributed by atoms with Gasteiger partial charge < -0.3 is 9.51 Å². The molecule has 1 radical (unpaired) electrons. The molecule has 2 nitrogen and oxygen atoms in total. The summed E-state index contributed by atoms with van der Waals surface area (Å²) >= 11 is 0. The molecule has 0 aliphatic carbocycles. The Hall–Kier alpha value is -1.96. The first-order chi connectivity index (χ1) is 6.84. The number of para-hydroxylation sites is 1. The fraction of sp³-hybridized carbons (Fsp3) is 0. The SMILES string of the molecule is Oc1ccc2[c]c3ccccc3n2c1. The molecule has 0 saturated carbocycles. The van der Waals surface area contributed by atoms with Crippen molar-refractivity contribution in [1.29, 1.82) is 0 Å². The minimum atomic E-state index is 0.271. The molecule has 0 aliphatic heterocycles. The highest BCUT2D eigenvalue weighted by molar-refractivity contribution is 5.86. The lowest BCUT2D eigenvalue weighted by atomic mass is 10.2. The molecule has 0 saturated heterocycles. The summed E-state index contributed by atoms with van der Waals surface area (Å²) in [4.78, 5) is 0. The Kier molecular flexibility index (Phi) is 1.34. The number of rotatable bonds is 0. The number of fused-ring (bicyclic) bond motifs is 3. The lowest BCUT2D eigenvalue weighted by molar-refractivity contribution is 0.472. The van der Waals surface area contributed by atoms with Crippen molar-refractivity contribution >= 4 is 16.4 Å². The molecule has 0 spiro atoms. The lowest BCUT2D eigenvalue weighted by Gasteiger charge is -1.97. The molecule has 1 N–H and O–H groups in total. The molecular formula is C12H8NO. The van der Waals surface area contributed by atoms with Crippen LogP contribution in [0.3, 0.4) is 0 Å². The highest BCUT2D eigenvalue weighted by Gasteiger charge is 2.01. The molecule has 0 aliphatic rings.